The van der Waals surface area contributed by atoms with E-state index in [1.54, 1.807) is 6.07 Å². The fourth-order valence-electron chi connectivity index (χ4n) is 1.88. The van der Waals surface area contributed by atoms with Crippen LogP contribution >= 0.6 is 15.9 Å². The van der Waals surface area contributed by atoms with Crippen LogP contribution in [-0.4, -0.2) is 18.4 Å². The number of nitrogens with zero attached hydrogens (tertiary/aromatic N) is 2. The maximum absolute atomic E-state index is 12.3. The minimum absolute atomic E-state index is 0.0880. The Morgan fingerprint density at radius 1 is 1.05 bits per heavy atom. The number of sulfonamides is 1. The Hall–Kier alpha value is -1.99. The lowest BCUT2D eigenvalue weighted by molar-refractivity contribution is 0.600. The Labute approximate surface area is 130 Å². The third-order valence-electron chi connectivity index (χ3n) is 2.83. The van der Waals surface area contributed by atoms with E-state index in [9.17, 15) is 8.42 Å². The molecule has 5 nitrogen and oxygen atoms in total. The molecule has 0 aliphatic carbocycles. The number of para-hydroxylation sites is 1. The van der Waals surface area contributed by atoms with Crippen LogP contribution in [0.5, 0.6) is 0 Å². The second-order valence-corrected chi connectivity index (χ2v) is 6.96. The lowest BCUT2D eigenvalue weighted by atomic mass is 10.2. The maximum atomic E-state index is 12.3. The van der Waals surface area contributed by atoms with Gasteiger partial charge in [-0.1, -0.05) is 18.2 Å². The summed E-state index contributed by atoms with van der Waals surface area (Å²) in [4.78, 5) is 8.17. The summed E-state index contributed by atoms with van der Waals surface area (Å²) < 4.78 is 27.7. The standard InChI is InChI=1S/C14H10BrN3O2S/c15-11-6-13(9-16-7-11)21(19,20)18-12-5-10-3-1-2-4-14(10)17-8-12/h1-9,18H. The molecule has 0 saturated heterocycles. The third kappa shape index (κ3) is 3.03. The molecule has 3 rings (SSSR count). The highest BCUT2D eigenvalue weighted by atomic mass is 79.9. The highest BCUT2D eigenvalue weighted by Gasteiger charge is 2.15. The molecule has 0 aliphatic heterocycles. The number of hydrogen-bond acceptors (Lipinski definition) is 4. The van der Waals surface area contributed by atoms with Crippen LogP contribution in [0.15, 0.2) is 64.4 Å². The summed E-state index contributed by atoms with van der Waals surface area (Å²) in [5.74, 6) is 0. The molecular formula is C14H10BrN3O2S. The van der Waals surface area contributed by atoms with E-state index in [-0.39, 0.29) is 4.90 Å². The van der Waals surface area contributed by atoms with Gasteiger partial charge in [-0.15, -0.1) is 0 Å². The zero-order valence-electron chi connectivity index (χ0n) is 10.7. The first-order valence-electron chi connectivity index (χ1n) is 6.03. The van der Waals surface area contributed by atoms with Gasteiger partial charge < -0.3 is 0 Å². The first-order valence-corrected chi connectivity index (χ1v) is 8.30. The molecule has 3 aromatic rings. The molecule has 0 radical (unpaired) electrons. The summed E-state index contributed by atoms with van der Waals surface area (Å²) in [5, 5.41) is 0.866. The van der Waals surface area contributed by atoms with E-state index < -0.39 is 10.0 Å². The molecule has 0 amide bonds. The molecular weight excluding hydrogens is 354 g/mol. The average molecular weight is 364 g/mol. The minimum Gasteiger partial charge on any atom is -0.278 e. The van der Waals surface area contributed by atoms with Crippen LogP contribution < -0.4 is 4.72 Å². The molecule has 0 unspecified atom stereocenters. The van der Waals surface area contributed by atoms with Crippen LogP contribution in [0.2, 0.25) is 0 Å². The van der Waals surface area contributed by atoms with E-state index >= 15 is 0 Å². The molecule has 2 aromatic heterocycles. The van der Waals surface area contributed by atoms with Gasteiger partial charge in [0.15, 0.2) is 0 Å². The number of aromatic nitrogens is 2. The number of fused-ring (bicyclic) bond motifs is 1. The van der Waals surface area contributed by atoms with Crippen molar-refractivity contribution < 1.29 is 8.42 Å². The van der Waals surface area contributed by atoms with Gasteiger partial charge in [0.25, 0.3) is 10.0 Å². The van der Waals surface area contributed by atoms with Gasteiger partial charge in [0.2, 0.25) is 0 Å². The summed E-state index contributed by atoms with van der Waals surface area (Å²) in [5.41, 5.74) is 1.22. The summed E-state index contributed by atoms with van der Waals surface area (Å²) in [7, 11) is -3.69. The zero-order valence-corrected chi connectivity index (χ0v) is 13.1. The van der Waals surface area contributed by atoms with Gasteiger partial charge >= 0.3 is 0 Å². The Balaban J connectivity index is 1.97. The van der Waals surface area contributed by atoms with Gasteiger partial charge in [0.05, 0.1) is 17.4 Å². The molecule has 0 spiro atoms. The predicted molar refractivity (Wildman–Crippen MR) is 84.5 cm³/mol. The second-order valence-electron chi connectivity index (χ2n) is 4.36. The van der Waals surface area contributed by atoms with Crippen LogP contribution in [0, 0.1) is 0 Å². The predicted octanol–water partition coefficient (Wildman–Crippen LogP) is 3.19. The normalized spacial score (nSPS) is 11.5. The fraction of sp³-hybridized carbons (Fsp3) is 0. The minimum atomic E-state index is -3.69. The molecule has 106 valence electrons. The van der Waals surface area contributed by atoms with Crippen LogP contribution in [0.25, 0.3) is 10.9 Å². The van der Waals surface area contributed by atoms with Crippen molar-refractivity contribution in [1.29, 1.82) is 0 Å². The van der Waals surface area contributed by atoms with Crippen molar-refractivity contribution >= 4 is 42.5 Å². The van der Waals surface area contributed by atoms with Crippen LogP contribution in [0.1, 0.15) is 0 Å². The summed E-state index contributed by atoms with van der Waals surface area (Å²) in [6.45, 7) is 0. The molecule has 2 heterocycles. The van der Waals surface area contributed by atoms with Gasteiger partial charge in [-0.2, -0.15) is 0 Å². The van der Waals surface area contributed by atoms with E-state index in [0.29, 0.717) is 10.2 Å². The number of anilines is 1. The van der Waals surface area contributed by atoms with Gasteiger partial charge in [-0.05, 0) is 34.1 Å². The molecule has 1 N–H and O–H groups in total. The van der Waals surface area contributed by atoms with Crippen LogP contribution in [0.3, 0.4) is 0 Å². The molecule has 0 atom stereocenters. The van der Waals surface area contributed by atoms with Crippen molar-refractivity contribution in [3.8, 4) is 0 Å². The lowest BCUT2D eigenvalue weighted by Gasteiger charge is -2.08. The Morgan fingerprint density at radius 3 is 2.67 bits per heavy atom. The SMILES string of the molecule is O=S(=O)(Nc1cnc2ccccc2c1)c1cncc(Br)c1. The largest absolute Gasteiger partial charge is 0.278 e. The number of nitrogens with one attached hydrogen (secondary N) is 1. The highest BCUT2D eigenvalue weighted by molar-refractivity contribution is 9.10. The Kier molecular flexibility index (Phi) is 3.60. The van der Waals surface area contributed by atoms with E-state index in [1.165, 1.54) is 24.7 Å². The number of benzene rings is 1. The van der Waals surface area contributed by atoms with Gasteiger partial charge in [-0.3, -0.25) is 14.7 Å². The summed E-state index contributed by atoms with van der Waals surface area (Å²) in [6.07, 6.45) is 4.31. The fourth-order valence-corrected chi connectivity index (χ4v) is 3.42. The smallest absolute Gasteiger partial charge is 0.263 e. The second kappa shape index (κ2) is 5.42. The van der Waals surface area contributed by atoms with Crippen molar-refractivity contribution in [2.24, 2.45) is 0 Å². The topological polar surface area (TPSA) is 72.0 Å². The third-order valence-corrected chi connectivity index (χ3v) is 4.61. The Bertz CT molecular complexity index is 913. The van der Waals surface area contributed by atoms with E-state index in [4.69, 9.17) is 0 Å². The van der Waals surface area contributed by atoms with Crippen molar-refractivity contribution in [3.05, 3.63) is 59.5 Å². The van der Waals surface area contributed by atoms with E-state index in [2.05, 4.69) is 30.6 Å². The molecule has 0 saturated carbocycles. The molecule has 0 fully saturated rings. The highest BCUT2D eigenvalue weighted by Crippen LogP contribution is 2.20. The average Bonchev–Trinajstić information content (AvgIpc) is 2.47. The van der Waals surface area contributed by atoms with Gasteiger partial charge in [-0.25, -0.2) is 8.42 Å². The van der Waals surface area contributed by atoms with Crippen molar-refractivity contribution in [1.82, 2.24) is 9.97 Å². The van der Waals surface area contributed by atoms with Crippen LogP contribution in [0.4, 0.5) is 5.69 Å². The quantitative estimate of drug-likeness (QED) is 0.775. The van der Waals surface area contributed by atoms with Crippen molar-refractivity contribution in [3.63, 3.8) is 0 Å². The van der Waals surface area contributed by atoms with Gasteiger partial charge in [0.1, 0.15) is 4.90 Å². The van der Waals surface area contributed by atoms with E-state index in [1.807, 2.05) is 24.3 Å². The van der Waals surface area contributed by atoms with E-state index in [0.717, 1.165) is 10.9 Å². The molecule has 0 aliphatic rings. The molecule has 1 aromatic carbocycles. The summed E-state index contributed by atoms with van der Waals surface area (Å²) in [6, 6.07) is 10.7. The lowest BCUT2D eigenvalue weighted by Crippen LogP contribution is -2.13. The van der Waals surface area contributed by atoms with Crippen molar-refractivity contribution in [2.45, 2.75) is 4.90 Å². The monoisotopic (exact) mass is 363 g/mol. The molecule has 7 heteroatoms. The van der Waals surface area contributed by atoms with Gasteiger partial charge in [0, 0.05) is 22.3 Å². The number of halogens is 1. The number of hydrogen-bond donors (Lipinski definition) is 1. The number of pyridine rings is 2. The van der Waals surface area contributed by atoms with Crippen LogP contribution in [-0.2, 0) is 10.0 Å². The summed E-state index contributed by atoms with van der Waals surface area (Å²) >= 11 is 3.21. The van der Waals surface area contributed by atoms with Crippen molar-refractivity contribution in [2.75, 3.05) is 4.72 Å². The maximum Gasteiger partial charge on any atom is 0.263 e. The molecule has 0 bridgehead atoms. The molecule has 21 heavy (non-hydrogen) atoms. The first kappa shape index (κ1) is 14.0. The Morgan fingerprint density at radius 2 is 1.86 bits per heavy atom. The number of rotatable bonds is 3. The first-order chi connectivity index (χ1) is 10.0. The zero-order chi connectivity index (χ0) is 14.9.